The van der Waals surface area contributed by atoms with Crippen LogP contribution in [0, 0.1) is 11.8 Å². The lowest BCUT2D eigenvalue weighted by molar-refractivity contribution is 0.00508. The maximum Gasteiger partial charge on any atom is 0.161 e. The van der Waals surface area contributed by atoms with Crippen LogP contribution >= 0.6 is 11.8 Å². The molecule has 1 saturated heterocycles. The van der Waals surface area contributed by atoms with Crippen molar-refractivity contribution in [3.05, 3.63) is 81.7 Å². The monoisotopic (exact) mass is 640 g/mol. The minimum atomic E-state index is -0.164. The lowest BCUT2D eigenvalue weighted by Gasteiger charge is -2.43. The number of thioether (sulfide) groups is 1. The van der Waals surface area contributed by atoms with Crippen LogP contribution in [0.25, 0.3) is 5.70 Å². The molecule has 46 heavy (non-hydrogen) atoms. The Labute approximate surface area is 280 Å². The van der Waals surface area contributed by atoms with Gasteiger partial charge in [0, 0.05) is 63.4 Å². The number of hydrogen-bond donors (Lipinski definition) is 1. The molecule has 6 heteroatoms. The van der Waals surface area contributed by atoms with E-state index >= 15 is 0 Å². The number of methoxy groups -OCH3 is 1. The fourth-order valence-electron chi connectivity index (χ4n) is 10.1. The third-order valence-corrected chi connectivity index (χ3v) is 14.7. The summed E-state index contributed by atoms with van der Waals surface area (Å²) in [6, 6.07) is 5.51. The molecule has 7 aliphatic rings. The zero-order valence-electron chi connectivity index (χ0n) is 29.3. The summed E-state index contributed by atoms with van der Waals surface area (Å²) in [6.07, 6.45) is 14.4. The van der Waals surface area contributed by atoms with Crippen LogP contribution in [0.4, 0.5) is 0 Å². The van der Waals surface area contributed by atoms with Gasteiger partial charge in [0.2, 0.25) is 0 Å². The van der Waals surface area contributed by atoms with Crippen molar-refractivity contribution in [2.75, 3.05) is 7.11 Å². The van der Waals surface area contributed by atoms with E-state index in [9.17, 15) is 0 Å². The third kappa shape index (κ3) is 4.08. The number of allylic oxidation sites excluding steroid dienone is 3. The van der Waals surface area contributed by atoms with Gasteiger partial charge >= 0.3 is 0 Å². The molecule has 1 aromatic carbocycles. The van der Waals surface area contributed by atoms with Gasteiger partial charge < -0.3 is 19.1 Å². The van der Waals surface area contributed by atoms with E-state index in [0.29, 0.717) is 28.5 Å². The quantitative estimate of drug-likeness (QED) is 0.250. The first-order valence-corrected chi connectivity index (χ1v) is 18.6. The van der Waals surface area contributed by atoms with Crippen molar-refractivity contribution in [2.24, 2.45) is 11.8 Å². The fraction of sp³-hybridized carbons (Fsp3) is 0.600. The lowest BCUT2D eigenvalue weighted by Crippen LogP contribution is -2.47. The largest absolute Gasteiger partial charge is 0.498 e. The van der Waals surface area contributed by atoms with Crippen LogP contribution in [0.1, 0.15) is 97.8 Å². The first kappa shape index (κ1) is 30.9. The number of fused-ring (bicyclic) bond motifs is 12. The van der Waals surface area contributed by atoms with Crippen molar-refractivity contribution in [3.63, 3.8) is 0 Å². The second kappa shape index (κ2) is 10.5. The topological polar surface area (TPSA) is 43.0 Å². The van der Waals surface area contributed by atoms with Gasteiger partial charge in [0.05, 0.1) is 29.9 Å². The van der Waals surface area contributed by atoms with E-state index in [4.69, 9.17) is 14.2 Å². The molecule has 2 aliphatic carbocycles. The van der Waals surface area contributed by atoms with Crippen LogP contribution in [-0.2, 0) is 14.9 Å². The molecule has 12 unspecified atom stereocenters. The Kier molecular flexibility index (Phi) is 7.08. The van der Waals surface area contributed by atoms with Gasteiger partial charge in [-0.25, -0.2) is 0 Å². The van der Waals surface area contributed by atoms with Crippen LogP contribution < -0.4 is 10.1 Å². The van der Waals surface area contributed by atoms with Crippen molar-refractivity contribution in [1.29, 1.82) is 0 Å². The number of hydrogen-bond acceptors (Lipinski definition) is 6. The van der Waals surface area contributed by atoms with E-state index in [1.54, 1.807) is 12.7 Å². The molecule has 5 aliphatic heterocycles. The highest BCUT2D eigenvalue weighted by atomic mass is 32.2. The Morgan fingerprint density at radius 3 is 2.63 bits per heavy atom. The Morgan fingerprint density at radius 2 is 1.89 bits per heavy atom. The molecule has 0 spiro atoms. The van der Waals surface area contributed by atoms with Crippen molar-refractivity contribution in [3.8, 4) is 5.75 Å². The number of ether oxygens (including phenoxy) is 3. The fourth-order valence-corrected chi connectivity index (χ4v) is 12.0. The van der Waals surface area contributed by atoms with E-state index in [-0.39, 0.29) is 41.2 Å². The zero-order chi connectivity index (χ0) is 32.4. The summed E-state index contributed by atoms with van der Waals surface area (Å²) in [4.78, 5) is 2.83. The summed E-state index contributed by atoms with van der Waals surface area (Å²) in [7, 11) is 1.79. The molecule has 5 nitrogen and oxygen atoms in total. The van der Waals surface area contributed by atoms with Gasteiger partial charge in [0.25, 0.3) is 0 Å². The second-order valence-electron chi connectivity index (χ2n) is 15.7. The van der Waals surface area contributed by atoms with Gasteiger partial charge in [-0.15, -0.1) is 11.8 Å². The number of benzene rings is 1. The highest BCUT2D eigenvalue weighted by molar-refractivity contribution is 8.01. The smallest absolute Gasteiger partial charge is 0.161 e. The first-order valence-electron chi connectivity index (χ1n) is 17.6. The standard InChI is InChI=1S/C40H52N2O3S/c1-20-15-21(2)35(22(3)16-20)33-17-30-32(46-33)18-31-36-29(14-13-27-28-12-11-23(4)41-38(28)45-37(27)36)39(8)34(40(39,9)42(30)31)19-44-26(7)24(5)25(6)43-10/h11-15,18-19,22-26,28,30,32-33,38,41H,16-17H2,1-10H3/b34-19-. The summed E-state index contributed by atoms with van der Waals surface area (Å²) >= 11 is 2.20. The molecule has 0 radical (unpaired) electrons. The predicted molar refractivity (Wildman–Crippen MR) is 189 cm³/mol. The zero-order valence-corrected chi connectivity index (χ0v) is 30.1. The summed E-state index contributed by atoms with van der Waals surface area (Å²) < 4.78 is 19.2. The van der Waals surface area contributed by atoms with Crippen LogP contribution in [0.5, 0.6) is 5.75 Å². The maximum absolute atomic E-state index is 6.90. The summed E-state index contributed by atoms with van der Waals surface area (Å²) in [5.41, 5.74) is 11.1. The van der Waals surface area contributed by atoms with Gasteiger partial charge in [0.1, 0.15) is 5.75 Å². The average Bonchev–Trinajstić information content (AvgIpc) is 3.44. The minimum Gasteiger partial charge on any atom is -0.498 e. The van der Waals surface area contributed by atoms with Crippen LogP contribution in [0.3, 0.4) is 0 Å². The molecule has 2 fully saturated rings. The summed E-state index contributed by atoms with van der Waals surface area (Å²) in [6.45, 7) is 20.7. The van der Waals surface area contributed by atoms with Crippen LogP contribution in [-0.4, -0.2) is 58.6 Å². The average molecular weight is 641 g/mol. The number of nitrogens with one attached hydrogen (secondary N) is 1. The molecule has 1 aromatic rings. The Morgan fingerprint density at radius 1 is 1.11 bits per heavy atom. The Bertz CT molecular complexity index is 1640. The van der Waals surface area contributed by atoms with Gasteiger partial charge in [-0.3, -0.25) is 5.32 Å². The highest BCUT2D eigenvalue weighted by Crippen LogP contribution is 2.74. The molecule has 1 saturated carbocycles. The normalized spacial score (nSPS) is 41.0. The molecule has 0 aromatic heterocycles. The van der Waals surface area contributed by atoms with Crippen molar-refractivity contribution < 1.29 is 14.2 Å². The summed E-state index contributed by atoms with van der Waals surface area (Å²) in [5.74, 6) is 2.22. The third-order valence-electron chi connectivity index (χ3n) is 13.2. The van der Waals surface area contributed by atoms with Crippen molar-refractivity contribution >= 4 is 17.5 Å². The van der Waals surface area contributed by atoms with E-state index < -0.39 is 0 Å². The Balaban J connectivity index is 1.22. The number of nitrogens with zero attached hydrogens (tertiary/aromatic N) is 1. The predicted octanol–water partition coefficient (Wildman–Crippen LogP) is 8.24. The molecule has 5 heterocycles. The second-order valence-corrected chi connectivity index (χ2v) is 17.1. The lowest BCUT2D eigenvalue weighted by atomic mass is 9.80. The first-order chi connectivity index (χ1) is 21.9. The van der Waals surface area contributed by atoms with Crippen LogP contribution in [0.15, 0.2) is 65.0 Å². The SMILES string of the molecule is COC(C)C(C)C(C)O/C=C1/C2(C)c3ccc4c(c3C3=CC5SC(C6=C(C)C=C(C)CC6C)CC5N3C12C)OC1NC(C)C=CC41. The molecule has 8 rings (SSSR count). The van der Waals surface area contributed by atoms with E-state index in [0.717, 1.165) is 5.75 Å². The molecule has 246 valence electrons. The van der Waals surface area contributed by atoms with Gasteiger partial charge in [-0.2, -0.15) is 0 Å². The van der Waals surface area contributed by atoms with Gasteiger partial charge in [-0.05, 0) is 78.9 Å². The van der Waals surface area contributed by atoms with Gasteiger partial charge in [0.15, 0.2) is 6.23 Å². The van der Waals surface area contributed by atoms with E-state index in [2.05, 4.69) is 127 Å². The van der Waals surface area contributed by atoms with E-state index in [1.165, 1.54) is 51.9 Å². The molecule has 0 bridgehead atoms. The number of rotatable bonds is 6. The minimum absolute atomic E-state index is 0.0156. The van der Waals surface area contributed by atoms with Gasteiger partial charge in [-0.1, -0.05) is 60.9 Å². The molecule has 12 atom stereocenters. The van der Waals surface area contributed by atoms with E-state index in [1.807, 2.05) is 0 Å². The molecular formula is C40H52N2O3S. The molecular weight excluding hydrogens is 589 g/mol. The van der Waals surface area contributed by atoms with Crippen molar-refractivity contribution in [2.45, 2.75) is 133 Å². The highest BCUT2D eigenvalue weighted by Gasteiger charge is 2.76. The van der Waals surface area contributed by atoms with Crippen molar-refractivity contribution in [1.82, 2.24) is 10.2 Å². The Hall–Kier alpha value is -2.41. The summed E-state index contributed by atoms with van der Waals surface area (Å²) in [5, 5.41) is 4.70. The van der Waals surface area contributed by atoms with Crippen LogP contribution in [0.2, 0.25) is 0 Å². The maximum atomic E-state index is 6.90. The molecule has 1 N–H and O–H groups in total. The molecule has 0 amide bonds.